The maximum absolute atomic E-state index is 11.9. The highest BCUT2D eigenvalue weighted by atomic mass is 35.5. The molecule has 0 saturated heterocycles. The highest BCUT2D eigenvalue weighted by Crippen LogP contribution is 2.38. The smallest absolute Gasteiger partial charge is 0.194 e. The average Bonchev–Trinajstić information content (AvgIpc) is 2.89. The van der Waals surface area contributed by atoms with E-state index in [1.807, 2.05) is 12.1 Å². The molecule has 0 fully saturated rings. The quantitative estimate of drug-likeness (QED) is 0.685. The van der Waals surface area contributed by atoms with Crippen LogP contribution in [0.25, 0.3) is 16.5 Å². The summed E-state index contributed by atoms with van der Waals surface area (Å²) in [7, 11) is 0. The van der Waals surface area contributed by atoms with E-state index < -0.39 is 0 Å². The first kappa shape index (κ1) is 11.5. The molecule has 0 spiro atoms. The summed E-state index contributed by atoms with van der Waals surface area (Å²) in [6.45, 7) is 0. The third-order valence-corrected chi connectivity index (χ3v) is 3.30. The summed E-state index contributed by atoms with van der Waals surface area (Å²) >= 11 is 5.77. The van der Waals surface area contributed by atoms with Gasteiger partial charge in [-0.25, -0.2) is 0 Å². The Morgan fingerprint density at radius 1 is 1.21 bits per heavy atom. The van der Waals surface area contributed by atoms with E-state index in [2.05, 4.69) is 0 Å². The van der Waals surface area contributed by atoms with Crippen LogP contribution in [0.2, 0.25) is 5.22 Å². The molecule has 0 radical (unpaired) electrons. The van der Waals surface area contributed by atoms with Crippen LogP contribution in [-0.2, 0) is 0 Å². The summed E-state index contributed by atoms with van der Waals surface area (Å²) in [6, 6.07) is 8.63. The van der Waals surface area contributed by atoms with Gasteiger partial charge in [0, 0.05) is 23.4 Å². The number of ketones is 1. The standard InChI is InChI=1S/C14H5ClN2O2/c15-14-2-7-1-10-9(8(5-16)6-17)3-12(18)11(10)4-13(7)19-14/h1-2,4H,3H2. The number of carbonyl (C=O) groups is 1. The van der Waals surface area contributed by atoms with Gasteiger partial charge < -0.3 is 4.42 Å². The Labute approximate surface area is 113 Å². The fraction of sp³-hybridized carbons (Fsp3) is 0.0714. The Morgan fingerprint density at radius 3 is 2.63 bits per heavy atom. The Kier molecular flexibility index (Phi) is 2.41. The van der Waals surface area contributed by atoms with Crippen molar-refractivity contribution < 1.29 is 9.21 Å². The second-order valence-corrected chi connectivity index (χ2v) is 4.54. The third kappa shape index (κ3) is 1.62. The van der Waals surface area contributed by atoms with E-state index in [1.165, 1.54) is 0 Å². The van der Waals surface area contributed by atoms with Gasteiger partial charge in [-0.1, -0.05) is 0 Å². The van der Waals surface area contributed by atoms with E-state index in [9.17, 15) is 4.79 Å². The molecule has 0 amide bonds. The molecule has 5 heteroatoms. The summed E-state index contributed by atoms with van der Waals surface area (Å²) in [6.07, 6.45) is 0.0755. The summed E-state index contributed by atoms with van der Waals surface area (Å²) in [5, 5.41) is 18.8. The van der Waals surface area contributed by atoms with E-state index in [0.717, 1.165) is 5.39 Å². The van der Waals surface area contributed by atoms with Gasteiger partial charge in [-0.05, 0) is 34.9 Å². The molecule has 0 unspecified atom stereocenters. The van der Waals surface area contributed by atoms with E-state index in [1.54, 1.807) is 18.2 Å². The third-order valence-electron chi connectivity index (χ3n) is 3.11. The summed E-state index contributed by atoms with van der Waals surface area (Å²) in [5.41, 5.74) is 2.06. The zero-order chi connectivity index (χ0) is 13.6. The highest BCUT2D eigenvalue weighted by Gasteiger charge is 2.28. The Bertz CT molecular complexity index is 831. The Balaban J connectivity index is 2.36. The number of hydrogen-bond donors (Lipinski definition) is 0. The topological polar surface area (TPSA) is 77.8 Å². The molecule has 0 aliphatic heterocycles. The number of carbonyl (C=O) groups excluding carboxylic acids is 1. The van der Waals surface area contributed by atoms with Crippen molar-refractivity contribution in [2.75, 3.05) is 0 Å². The number of benzene rings is 1. The first-order chi connectivity index (χ1) is 9.13. The molecule has 0 bridgehead atoms. The normalized spacial score (nSPS) is 13.2. The second-order valence-electron chi connectivity index (χ2n) is 4.16. The highest BCUT2D eigenvalue weighted by molar-refractivity contribution is 6.30. The predicted octanol–water partition coefficient (Wildman–Crippen LogP) is 3.47. The van der Waals surface area contributed by atoms with E-state index in [-0.39, 0.29) is 23.0 Å². The number of Topliss-reactive ketones (excluding diaryl/α,β-unsaturated/α-hetero) is 1. The largest absolute Gasteiger partial charge is 0.445 e. The fourth-order valence-corrected chi connectivity index (χ4v) is 2.47. The zero-order valence-corrected chi connectivity index (χ0v) is 10.3. The summed E-state index contributed by atoms with van der Waals surface area (Å²) in [4.78, 5) is 11.9. The van der Waals surface area contributed by atoms with E-state index >= 15 is 0 Å². The van der Waals surface area contributed by atoms with Gasteiger partial charge in [-0.15, -0.1) is 0 Å². The van der Waals surface area contributed by atoms with Gasteiger partial charge in [0.25, 0.3) is 0 Å². The van der Waals surface area contributed by atoms with E-state index in [4.69, 9.17) is 26.5 Å². The minimum absolute atomic E-state index is 0.0268. The first-order valence-electron chi connectivity index (χ1n) is 5.44. The second kappa shape index (κ2) is 3.98. The molecule has 2 aromatic rings. The zero-order valence-electron chi connectivity index (χ0n) is 9.53. The number of halogens is 1. The van der Waals surface area contributed by atoms with Crippen molar-refractivity contribution in [3.8, 4) is 12.1 Å². The fourth-order valence-electron chi connectivity index (χ4n) is 2.27. The molecule has 0 N–H and O–H groups in total. The van der Waals surface area contributed by atoms with Crippen molar-refractivity contribution >= 4 is 33.9 Å². The summed E-state index contributed by atoms with van der Waals surface area (Å²) < 4.78 is 5.26. The van der Waals surface area contributed by atoms with Crippen LogP contribution in [0.4, 0.5) is 0 Å². The molecule has 1 heterocycles. The Morgan fingerprint density at radius 2 is 1.95 bits per heavy atom. The van der Waals surface area contributed by atoms with Crippen LogP contribution >= 0.6 is 11.6 Å². The number of fused-ring (bicyclic) bond motifs is 2. The van der Waals surface area contributed by atoms with Crippen LogP contribution in [0, 0.1) is 22.7 Å². The number of allylic oxidation sites excluding steroid dienone is 2. The van der Waals surface area contributed by atoms with Crippen LogP contribution in [0.1, 0.15) is 22.3 Å². The molecule has 1 aromatic heterocycles. The molecule has 90 valence electrons. The molecule has 0 atom stereocenters. The molecule has 3 rings (SSSR count). The maximum Gasteiger partial charge on any atom is 0.194 e. The molecular formula is C14H5ClN2O2. The lowest BCUT2D eigenvalue weighted by molar-refractivity contribution is 0.100. The van der Waals surface area contributed by atoms with Gasteiger partial charge >= 0.3 is 0 Å². The van der Waals surface area contributed by atoms with Gasteiger partial charge in [0.2, 0.25) is 0 Å². The molecule has 1 aromatic carbocycles. The van der Waals surface area contributed by atoms with Crippen LogP contribution < -0.4 is 0 Å². The molecule has 1 aliphatic carbocycles. The monoisotopic (exact) mass is 268 g/mol. The summed E-state index contributed by atoms with van der Waals surface area (Å²) in [5.74, 6) is -0.123. The molecular weight excluding hydrogens is 264 g/mol. The number of nitriles is 2. The SMILES string of the molecule is N#CC(C#N)=C1CC(=O)c2cc3oc(Cl)cc3cc21. The van der Waals surface area contributed by atoms with Crippen LogP contribution in [-0.4, -0.2) is 5.78 Å². The van der Waals surface area contributed by atoms with Crippen LogP contribution in [0.5, 0.6) is 0 Å². The van der Waals surface area contributed by atoms with Crippen molar-refractivity contribution in [3.05, 3.63) is 40.1 Å². The number of hydrogen-bond acceptors (Lipinski definition) is 4. The van der Waals surface area contributed by atoms with Gasteiger partial charge in [0.05, 0.1) is 0 Å². The molecule has 4 nitrogen and oxygen atoms in total. The number of furan rings is 1. The lowest BCUT2D eigenvalue weighted by atomic mass is 10.0. The Hall–Kier alpha value is -2.56. The van der Waals surface area contributed by atoms with Gasteiger partial charge in [0.1, 0.15) is 23.3 Å². The molecule has 19 heavy (non-hydrogen) atoms. The van der Waals surface area contributed by atoms with Crippen LogP contribution in [0.15, 0.2) is 28.2 Å². The maximum atomic E-state index is 11.9. The lowest BCUT2D eigenvalue weighted by Crippen LogP contribution is -1.89. The van der Waals surface area contributed by atoms with Crippen molar-refractivity contribution in [3.63, 3.8) is 0 Å². The molecule has 0 saturated carbocycles. The van der Waals surface area contributed by atoms with Gasteiger partial charge in [0.15, 0.2) is 11.0 Å². The van der Waals surface area contributed by atoms with Crippen molar-refractivity contribution in [2.24, 2.45) is 0 Å². The van der Waals surface area contributed by atoms with Gasteiger partial charge in [-0.3, -0.25) is 4.79 Å². The van der Waals surface area contributed by atoms with Gasteiger partial charge in [-0.2, -0.15) is 10.5 Å². The first-order valence-corrected chi connectivity index (χ1v) is 5.82. The lowest BCUT2D eigenvalue weighted by Gasteiger charge is -1.99. The minimum atomic E-state index is -0.123. The number of rotatable bonds is 0. The average molecular weight is 269 g/mol. The minimum Gasteiger partial charge on any atom is -0.445 e. The predicted molar refractivity (Wildman–Crippen MR) is 68.3 cm³/mol. The van der Waals surface area contributed by atoms with E-state index in [0.29, 0.717) is 22.3 Å². The van der Waals surface area contributed by atoms with Crippen molar-refractivity contribution in [2.45, 2.75) is 6.42 Å². The number of nitrogens with zero attached hydrogens (tertiary/aromatic N) is 2. The van der Waals surface area contributed by atoms with Crippen LogP contribution in [0.3, 0.4) is 0 Å². The molecule has 1 aliphatic rings. The van der Waals surface area contributed by atoms with Crippen molar-refractivity contribution in [1.29, 1.82) is 10.5 Å². The van der Waals surface area contributed by atoms with Crippen molar-refractivity contribution in [1.82, 2.24) is 0 Å².